The van der Waals surface area contributed by atoms with E-state index in [4.69, 9.17) is 14.2 Å². The summed E-state index contributed by atoms with van der Waals surface area (Å²) in [6, 6.07) is 8.02. The highest BCUT2D eigenvalue weighted by molar-refractivity contribution is 5.82. The molecule has 1 aliphatic carbocycles. The molecule has 0 amide bonds. The Hall–Kier alpha value is -1.39. The number of carbonyl (C=O) groups excluding carboxylic acids is 1. The molecule has 1 saturated carbocycles. The van der Waals surface area contributed by atoms with Crippen LogP contribution in [0.5, 0.6) is 5.75 Å². The van der Waals surface area contributed by atoms with Crippen molar-refractivity contribution >= 4 is 5.78 Å². The number of Topliss-reactive ketones (excluding diaryl/α,β-unsaturated/α-hetero) is 1. The third-order valence-electron chi connectivity index (χ3n) is 4.33. The molecule has 2 atom stereocenters. The van der Waals surface area contributed by atoms with Gasteiger partial charge in [-0.2, -0.15) is 0 Å². The molecule has 116 valence electrons. The van der Waals surface area contributed by atoms with Crippen LogP contribution in [0, 0.1) is 5.92 Å². The van der Waals surface area contributed by atoms with Crippen molar-refractivity contribution < 1.29 is 19.0 Å². The second-order valence-electron chi connectivity index (χ2n) is 5.48. The lowest BCUT2D eigenvalue weighted by Gasteiger charge is -2.32. The van der Waals surface area contributed by atoms with Gasteiger partial charge in [0.1, 0.15) is 11.5 Å². The average Bonchev–Trinajstić information content (AvgIpc) is 2.53. The number of benzene rings is 1. The molecule has 0 N–H and O–H groups in total. The second kappa shape index (κ2) is 7.57. The molecule has 0 radical (unpaired) electrons. The molecule has 1 aromatic carbocycles. The Morgan fingerprint density at radius 3 is 2.67 bits per heavy atom. The summed E-state index contributed by atoms with van der Waals surface area (Å²) in [5, 5.41) is 0. The Kier molecular flexibility index (Phi) is 5.76. The minimum Gasteiger partial charge on any atom is -0.497 e. The highest BCUT2D eigenvalue weighted by atomic mass is 16.7. The molecule has 0 aliphatic heterocycles. The van der Waals surface area contributed by atoms with Crippen LogP contribution in [0.1, 0.15) is 37.2 Å². The van der Waals surface area contributed by atoms with Gasteiger partial charge in [-0.25, -0.2) is 0 Å². The maximum Gasteiger partial charge on any atom is 0.157 e. The fourth-order valence-electron chi connectivity index (χ4n) is 3.17. The Morgan fingerprint density at radius 2 is 2.00 bits per heavy atom. The van der Waals surface area contributed by atoms with E-state index in [1.807, 2.05) is 18.2 Å². The number of ketones is 1. The summed E-state index contributed by atoms with van der Waals surface area (Å²) in [6.45, 7) is 0. The van der Waals surface area contributed by atoms with Gasteiger partial charge in [-0.1, -0.05) is 12.1 Å². The maximum atomic E-state index is 12.4. The highest BCUT2D eigenvalue weighted by Crippen LogP contribution is 2.39. The van der Waals surface area contributed by atoms with E-state index in [9.17, 15) is 4.79 Å². The minimum atomic E-state index is -0.329. The summed E-state index contributed by atoms with van der Waals surface area (Å²) in [5.41, 5.74) is 1.17. The summed E-state index contributed by atoms with van der Waals surface area (Å²) >= 11 is 0. The Bertz CT molecular complexity index is 468. The first-order chi connectivity index (χ1) is 10.2. The summed E-state index contributed by atoms with van der Waals surface area (Å²) in [7, 11) is 4.89. The van der Waals surface area contributed by atoms with E-state index < -0.39 is 0 Å². The molecule has 21 heavy (non-hydrogen) atoms. The zero-order chi connectivity index (χ0) is 15.2. The molecule has 4 nitrogen and oxygen atoms in total. The van der Waals surface area contributed by atoms with Gasteiger partial charge in [-0.15, -0.1) is 0 Å². The number of ether oxygens (including phenoxy) is 3. The van der Waals surface area contributed by atoms with Crippen molar-refractivity contribution in [1.29, 1.82) is 0 Å². The minimum absolute atomic E-state index is 0.0456. The van der Waals surface area contributed by atoms with Crippen molar-refractivity contribution in [3.05, 3.63) is 29.8 Å². The van der Waals surface area contributed by atoms with Crippen LogP contribution in [0.3, 0.4) is 0 Å². The molecule has 0 bridgehead atoms. The molecule has 0 aromatic heterocycles. The third kappa shape index (κ3) is 3.83. The molecule has 1 aromatic rings. The van der Waals surface area contributed by atoms with E-state index in [-0.39, 0.29) is 18.1 Å². The van der Waals surface area contributed by atoms with Crippen molar-refractivity contribution in [2.45, 2.75) is 37.9 Å². The fraction of sp³-hybridized carbons (Fsp3) is 0.588. The van der Waals surface area contributed by atoms with Crippen LogP contribution in [0.4, 0.5) is 0 Å². The zero-order valence-electron chi connectivity index (χ0n) is 13.0. The summed E-state index contributed by atoms with van der Waals surface area (Å²) in [5.74, 6) is 1.32. The number of hydrogen-bond acceptors (Lipinski definition) is 4. The van der Waals surface area contributed by atoms with E-state index in [1.54, 1.807) is 21.3 Å². The number of methoxy groups -OCH3 is 3. The number of rotatable bonds is 6. The van der Waals surface area contributed by atoms with Gasteiger partial charge >= 0.3 is 0 Å². The van der Waals surface area contributed by atoms with E-state index in [1.165, 1.54) is 5.56 Å². The van der Waals surface area contributed by atoms with Crippen LogP contribution in [0.25, 0.3) is 0 Å². The molecule has 2 unspecified atom stereocenters. The molecule has 0 saturated heterocycles. The zero-order valence-corrected chi connectivity index (χ0v) is 13.0. The summed E-state index contributed by atoms with van der Waals surface area (Å²) in [4.78, 5) is 12.4. The van der Waals surface area contributed by atoms with Crippen LogP contribution >= 0.6 is 0 Å². The van der Waals surface area contributed by atoms with Gasteiger partial charge in [0.2, 0.25) is 0 Å². The Morgan fingerprint density at radius 1 is 1.24 bits per heavy atom. The van der Waals surface area contributed by atoms with Crippen LogP contribution in [0.2, 0.25) is 0 Å². The molecule has 4 heteroatoms. The van der Waals surface area contributed by atoms with Crippen LogP contribution in [0.15, 0.2) is 24.3 Å². The molecule has 1 aliphatic rings. The van der Waals surface area contributed by atoms with Crippen molar-refractivity contribution in [2.75, 3.05) is 21.3 Å². The number of carbonyl (C=O) groups is 1. The molecular formula is C17H24O4. The predicted molar refractivity (Wildman–Crippen MR) is 80.5 cm³/mol. The third-order valence-corrected chi connectivity index (χ3v) is 4.33. The molecule has 2 rings (SSSR count). The smallest absolute Gasteiger partial charge is 0.157 e. The standard InChI is InChI=1S/C17H24O4/c1-19-13-7-4-6-12(10-13)14-8-5-9-16(18)15(14)11-17(20-2)21-3/h4,6-7,10,14-15,17H,5,8-9,11H2,1-3H3. The fourth-order valence-corrected chi connectivity index (χ4v) is 3.17. The van der Waals surface area contributed by atoms with Crippen LogP contribution in [-0.4, -0.2) is 33.4 Å². The van der Waals surface area contributed by atoms with Crippen molar-refractivity contribution in [2.24, 2.45) is 5.92 Å². The van der Waals surface area contributed by atoms with Crippen molar-refractivity contribution in [3.8, 4) is 5.75 Å². The lowest BCUT2D eigenvalue weighted by Crippen LogP contribution is -2.31. The van der Waals surface area contributed by atoms with Crippen molar-refractivity contribution in [1.82, 2.24) is 0 Å². The van der Waals surface area contributed by atoms with Crippen LogP contribution in [-0.2, 0) is 14.3 Å². The van der Waals surface area contributed by atoms with Gasteiger partial charge in [-0.3, -0.25) is 4.79 Å². The normalized spacial score (nSPS) is 22.6. The van der Waals surface area contributed by atoms with Gasteiger partial charge in [-0.05, 0) is 36.5 Å². The van der Waals surface area contributed by atoms with Gasteiger partial charge in [0.25, 0.3) is 0 Å². The first kappa shape index (κ1) is 16.0. The second-order valence-corrected chi connectivity index (χ2v) is 5.48. The monoisotopic (exact) mass is 292 g/mol. The number of hydrogen-bond donors (Lipinski definition) is 0. The largest absolute Gasteiger partial charge is 0.497 e. The topological polar surface area (TPSA) is 44.8 Å². The van der Waals surface area contributed by atoms with Gasteiger partial charge in [0, 0.05) is 33.0 Å². The van der Waals surface area contributed by atoms with Gasteiger partial charge in [0.15, 0.2) is 6.29 Å². The van der Waals surface area contributed by atoms with Crippen LogP contribution < -0.4 is 4.74 Å². The van der Waals surface area contributed by atoms with E-state index in [2.05, 4.69) is 6.07 Å². The SMILES string of the molecule is COc1cccc(C2CCCC(=O)C2CC(OC)OC)c1. The quantitative estimate of drug-likeness (QED) is 0.756. The van der Waals surface area contributed by atoms with E-state index in [0.29, 0.717) is 18.6 Å². The van der Waals surface area contributed by atoms with Crippen molar-refractivity contribution in [3.63, 3.8) is 0 Å². The predicted octanol–water partition coefficient (Wildman–Crippen LogP) is 3.16. The summed E-state index contributed by atoms with van der Waals surface area (Å²) in [6.07, 6.45) is 2.90. The first-order valence-electron chi connectivity index (χ1n) is 7.41. The maximum absolute atomic E-state index is 12.4. The average molecular weight is 292 g/mol. The Labute approximate surface area is 126 Å². The first-order valence-corrected chi connectivity index (χ1v) is 7.41. The molecular weight excluding hydrogens is 268 g/mol. The lowest BCUT2D eigenvalue weighted by molar-refractivity contribution is -0.138. The van der Waals surface area contributed by atoms with Gasteiger partial charge < -0.3 is 14.2 Å². The molecule has 0 spiro atoms. The summed E-state index contributed by atoms with van der Waals surface area (Å²) < 4.78 is 15.9. The highest BCUT2D eigenvalue weighted by Gasteiger charge is 2.34. The Balaban J connectivity index is 2.22. The van der Waals surface area contributed by atoms with E-state index in [0.717, 1.165) is 18.6 Å². The molecule has 0 heterocycles. The molecule has 1 fully saturated rings. The van der Waals surface area contributed by atoms with E-state index >= 15 is 0 Å². The van der Waals surface area contributed by atoms with Gasteiger partial charge in [0.05, 0.1) is 7.11 Å². The lowest BCUT2D eigenvalue weighted by atomic mass is 9.73.